The lowest BCUT2D eigenvalue weighted by atomic mass is 10.3. The Kier molecular flexibility index (Phi) is 3.87. The van der Waals surface area contributed by atoms with Crippen LogP contribution in [0.5, 0.6) is 0 Å². The first-order chi connectivity index (χ1) is 8.74. The average molecular weight is 294 g/mol. The number of halogens is 1. The lowest BCUT2D eigenvalue weighted by Gasteiger charge is -2.02. The lowest BCUT2D eigenvalue weighted by Crippen LogP contribution is -2.09. The highest BCUT2D eigenvalue weighted by atomic mass is 35.5. The van der Waals surface area contributed by atoms with E-state index in [0.29, 0.717) is 5.56 Å². The molecule has 3 aromatic rings. The molecular weight excluding hydrogens is 282 g/mol. The molecule has 0 unspecified atom stereocenters. The fraction of sp³-hybridized carbons (Fsp3) is 0.0769. The number of rotatable bonds is 3. The van der Waals surface area contributed by atoms with Crippen molar-refractivity contribution in [3.05, 3.63) is 52.5 Å². The lowest BCUT2D eigenvalue weighted by molar-refractivity contribution is 0.100. The summed E-state index contributed by atoms with van der Waals surface area (Å²) in [5, 5.41) is 1.79. The van der Waals surface area contributed by atoms with Gasteiger partial charge >= 0.3 is 0 Å². The van der Waals surface area contributed by atoms with Crippen LogP contribution in [0.25, 0.3) is 11.0 Å². The van der Waals surface area contributed by atoms with E-state index in [1.165, 1.54) is 0 Å². The number of amides is 1. The maximum Gasteiger partial charge on any atom is 0.249 e. The highest BCUT2D eigenvalue weighted by molar-refractivity contribution is 7.10. The molecule has 0 spiro atoms. The first-order valence-corrected chi connectivity index (χ1v) is 6.39. The van der Waals surface area contributed by atoms with E-state index >= 15 is 0 Å². The van der Waals surface area contributed by atoms with Crippen LogP contribution in [0.3, 0.4) is 0 Å². The average Bonchev–Trinajstić information content (AvgIpc) is 2.98. The summed E-state index contributed by atoms with van der Waals surface area (Å²) in [6, 6.07) is 7.78. The third-order valence-electron chi connectivity index (χ3n) is 2.80. The Labute approximate surface area is 120 Å². The number of fused-ring (bicyclic) bond motifs is 1. The number of carbonyl (C=O) groups excluding carboxylic acids is 1. The second-order valence-corrected chi connectivity index (χ2v) is 5.01. The molecule has 0 aliphatic heterocycles. The van der Waals surface area contributed by atoms with Crippen molar-refractivity contribution in [3.8, 4) is 0 Å². The molecule has 0 aliphatic rings. The van der Waals surface area contributed by atoms with Crippen LogP contribution in [0.15, 0.2) is 42.0 Å². The molecule has 0 aliphatic carbocycles. The van der Waals surface area contributed by atoms with Gasteiger partial charge in [-0.15, -0.1) is 23.7 Å². The third-order valence-corrected chi connectivity index (χ3v) is 3.72. The normalized spacial score (nSPS) is 10.3. The van der Waals surface area contributed by atoms with Gasteiger partial charge in [0.05, 0.1) is 23.1 Å². The van der Waals surface area contributed by atoms with Crippen LogP contribution in [0.4, 0.5) is 0 Å². The maximum atomic E-state index is 11.0. The van der Waals surface area contributed by atoms with E-state index in [0.717, 1.165) is 22.5 Å². The Morgan fingerprint density at radius 2 is 2.26 bits per heavy atom. The number of nitrogens with two attached hydrogens (primary N) is 1. The van der Waals surface area contributed by atoms with Crippen molar-refractivity contribution in [2.75, 3.05) is 0 Å². The molecule has 3 aromatic heterocycles. The third kappa shape index (κ3) is 2.62. The molecule has 19 heavy (non-hydrogen) atoms. The molecule has 0 fully saturated rings. The molecule has 0 bridgehead atoms. The zero-order chi connectivity index (χ0) is 12.5. The first kappa shape index (κ1) is 13.6. The minimum atomic E-state index is -0.378. The number of nitrogens with zero attached hydrogens (tertiary/aromatic N) is 2. The standard InChI is InChI=1S/C13H11N3OS.ClH/c14-13(17)9-6-10(18-8-9)7-16-5-3-11-12(16)2-1-4-15-11;/h1-6,8H,7H2,(H2,14,17);1H. The Morgan fingerprint density at radius 3 is 3.00 bits per heavy atom. The van der Waals surface area contributed by atoms with Gasteiger partial charge in [0.25, 0.3) is 0 Å². The van der Waals surface area contributed by atoms with Crippen molar-refractivity contribution in [3.63, 3.8) is 0 Å². The fourth-order valence-corrected chi connectivity index (χ4v) is 2.79. The van der Waals surface area contributed by atoms with Gasteiger partial charge in [0.1, 0.15) is 0 Å². The molecule has 4 nitrogen and oxygen atoms in total. The van der Waals surface area contributed by atoms with Crippen molar-refractivity contribution in [2.24, 2.45) is 5.73 Å². The highest BCUT2D eigenvalue weighted by Gasteiger charge is 2.07. The number of carbonyl (C=O) groups is 1. The summed E-state index contributed by atoms with van der Waals surface area (Å²) in [6.07, 6.45) is 3.78. The molecular formula is C13H12ClN3OS. The van der Waals surface area contributed by atoms with Crippen molar-refractivity contribution in [2.45, 2.75) is 6.54 Å². The number of pyridine rings is 1. The van der Waals surface area contributed by atoms with Crippen molar-refractivity contribution < 1.29 is 4.79 Å². The van der Waals surface area contributed by atoms with Gasteiger partial charge in [-0.25, -0.2) is 0 Å². The van der Waals surface area contributed by atoms with E-state index in [-0.39, 0.29) is 18.3 Å². The largest absolute Gasteiger partial charge is 0.366 e. The van der Waals surface area contributed by atoms with Crippen molar-refractivity contribution in [1.29, 1.82) is 0 Å². The minimum absolute atomic E-state index is 0. The van der Waals surface area contributed by atoms with Crippen molar-refractivity contribution >= 4 is 40.7 Å². The van der Waals surface area contributed by atoms with Gasteiger partial charge in [0, 0.05) is 22.7 Å². The Hall–Kier alpha value is -1.85. The van der Waals surface area contributed by atoms with Crippen LogP contribution in [-0.4, -0.2) is 15.5 Å². The Morgan fingerprint density at radius 1 is 1.42 bits per heavy atom. The van der Waals surface area contributed by atoms with Crippen molar-refractivity contribution in [1.82, 2.24) is 9.55 Å². The van der Waals surface area contributed by atoms with Crippen LogP contribution in [-0.2, 0) is 6.54 Å². The minimum Gasteiger partial charge on any atom is -0.366 e. The van der Waals surface area contributed by atoms with E-state index in [1.54, 1.807) is 22.9 Å². The number of hydrogen-bond acceptors (Lipinski definition) is 3. The molecule has 1 amide bonds. The molecule has 0 atom stereocenters. The zero-order valence-electron chi connectivity index (χ0n) is 9.95. The summed E-state index contributed by atoms with van der Waals surface area (Å²) in [5.41, 5.74) is 7.88. The van der Waals surface area contributed by atoms with E-state index in [1.807, 2.05) is 30.5 Å². The van der Waals surface area contributed by atoms with Gasteiger partial charge in [0.15, 0.2) is 0 Å². The second-order valence-electron chi connectivity index (χ2n) is 4.02. The van der Waals surface area contributed by atoms with Crippen LogP contribution >= 0.6 is 23.7 Å². The van der Waals surface area contributed by atoms with E-state index < -0.39 is 0 Å². The summed E-state index contributed by atoms with van der Waals surface area (Å²) < 4.78 is 2.11. The predicted molar refractivity (Wildman–Crippen MR) is 78.9 cm³/mol. The van der Waals surface area contributed by atoms with Gasteiger partial charge < -0.3 is 10.3 Å². The zero-order valence-corrected chi connectivity index (χ0v) is 11.6. The van der Waals surface area contributed by atoms with Gasteiger partial charge in [-0.05, 0) is 24.3 Å². The predicted octanol–water partition coefficient (Wildman–Crippen LogP) is 2.67. The molecule has 0 saturated heterocycles. The quantitative estimate of drug-likeness (QED) is 0.807. The number of primary amides is 1. The van der Waals surface area contributed by atoms with E-state index in [9.17, 15) is 4.79 Å². The molecule has 3 rings (SSSR count). The second kappa shape index (κ2) is 5.42. The smallest absolute Gasteiger partial charge is 0.249 e. The van der Waals surface area contributed by atoms with Gasteiger partial charge in [0.2, 0.25) is 5.91 Å². The monoisotopic (exact) mass is 293 g/mol. The van der Waals surface area contributed by atoms with E-state index in [4.69, 9.17) is 5.73 Å². The Balaban J connectivity index is 0.00000133. The SMILES string of the molecule is Cl.NC(=O)c1csc(Cn2ccc3ncccc32)c1. The summed E-state index contributed by atoms with van der Waals surface area (Å²) in [4.78, 5) is 16.4. The van der Waals surface area contributed by atoms with Gasteiger partial charge in [-0.3, -0.25) is 9.78 Å². The van der Waals surface area contributed by atoms with Crippen LogP contribution in [0.1, 0.15) is 15.2 Å². The van der Waals surface area contributed by atoms with E-state index in [2.05, 4.69) is 9.55 Å². The number of thiophene rings is 1. The molecule has 0 aromatic carbocycles. The molecule has 0 saturated carbocycles. The summed E-state index contributed by atoms with van der Waals surface area (Å²) in [6.45, 7) is 0.729. The van der Waals surface area contributed by atoms with Gasteiger partial charge in [-0.2, -0.15) is 0 Å². The molecule has 0 radical (unpaired) electrons. The fourth-order valence-electron chi connectivity index (χ4n) is 1.92. The number of aromatic nitrogens is 2. The molecule has 2 N–H and O–H groups in total. The molecule has 3 heterocycles. The molecule has 6 heteroatoms. The summed E-state index contributed by atoms with van der Waals surface area (Å²) in [7, 11) is 0. The van der Waals surface area contributed by atoms with Crippen LogP contribution in [0.2, 0.25) is 0 Å². The topological polar surface area (TPSA) is 60.9 Å². The number of hydrogen-bond donors (Lipinski definition) is 1. The van der Waals surface area contributed by atoms with Crippen LogP contribution in [0, 0.1) is 0 Å². The summed E-state index contributed by atoms with van der Waals surface area (Å²) in [5.74, 6) is -0.378. The highest BCUT2D eigenvalue weighted by Crippen LogP contribution is 2.19. The summed E-state index contributed by atoms with van der Waals surface area (Å²) >= 11 is 1.54. The Bertz CT molecular complexity index is 719. The van der Waals surface area contributed by atoms with Crippen LogP contribution < -0.4 is 5.73 Å². The molecule has 98 valence electrons. The first-order valence-electron chi connectivity index (χ1n) is 5.51. The van der Waals surface area contributed by atoms with Gasteiger partial charge in [-0.1, -0.05) is 0 Å². The maximum absolute atomic E-state index is 11.0.